The first-order valence-corrected chi connectivity index (χ1v) is 7.93. The fourth-order valence-corrected chi connectivity index (χ4v) is 2.86. The molecule has 25 heavy (non-hydrogen) atoms. The van der Waals surface area contributed by atoms with Crippen molar-refractivity contribution >= 4 is 33.7 Å². The number of hydrogen-bond donors (Lipinski definition) is 2. The van der Waals surface area contributed by atoms with Gasteiger partial charge in [0.05, 0.1) is 16.6 Å². The molecule has 1 amide bonds. The maximum atomic E-state index is 12.9. The van der Waals surface area contributed by atoms with E-state index in [1.807, 2.05) is 48.5 Å². The van der Waals surface area contributed by atoms with Crippen molar-refractivity contribution in [2.75, 3.05) is 0 Å². The van der Waals surface area contributed by atoms with E-state index < -0.39 is 17.9 Å². The molecule has 2 N–H and O–H groups in total. The quantitative estimate of drug-likeness (QED) is 0.552. The van der Waals surface area contributed by atoms with E-state index >= 15 is 0 Å². The number of rotatable bonds is 5. The molecule has 0 radical (unpaired) electrons. The maximum Gasteiger partial charge on any atom is 0.326 e. The predicted octanol–water partition coefficient (Wildman–Crippen LogP) is 3.54. The smallest absolute Gasteiger partial charge is 0.326 e. The van der Waals surface area contributed by atoms with E-state index in [2.05, 4.69) is 16.9 Å². The molecular formula is C20H18N2O3. The number of carboxylic acids is 1. The van der Waals surface area contributed by atoms with Gasteiger partial charge in [-0.25, -0.2) is 9.78 Å². The summed E-state index contributed by atoms with van der Waals surface area (Å²) in [6.45, 7) is 5.47. The number of carbonyl (C=O) groups excluding carboxylic acids is 1. The molecule has 1 heterocycles. The number of amides is 1. The van der Waals surface area contributed by atoms with E-state index in [1.165, 1.54) is 0 Å². The third-order valence-electron chi connectivity index (χ3n) is 3.97. The van der Waals surface area contributed by atoms with Crippen LogP contribution >= 0.6 is 0 Å². The molecule has 5 nitrogen and oxygen atoms in total. The zero-order chi connectivity index (χ0) is 18.0. The van der Waals surface area contributed by atoms with Crippen molar-refractivity contribution in [2.45, 2.75) is 19.4 Å². The summed E-state index contributed by atoms with van der Waals surface area (Å²) in [4.78, 5) is 29.0. The van der Waals surface area contributed by atoms with E-state index in [-0.39, 0.29) is 6.42 Å². The van der Waals surface area contributed by atoms with Gasteiger partial charge in [-0.1, -0.05) is 42.0 Å². The Morgan fingerprint density at radius 2 is 1.60 bits per heavy atom. The Kier molecular flexibility index (Phi) is 4.48. The third kappa shape index (κ3) is 3.35. The van der Waals surface area contributed by atoms with Gasteiger partial charge >= 0.3 is 5.97 Å². The Labute approximate surface area is 145 Å². The van der Waals surface area contributed by atoms with Crippen molar-refractivity contribution in [2.24, 2.45) is 0 Å². The second-order valence-corrected chi connectivity index (χ2v) is 6.05. The fourth-order valence-electron chi connectivity index (χ4n) is 2.86. The molecule has 0 bridgehead atoms. The number of aliphatic carboxylic acids is 1. The lowest BCUT2D eigenvalue weighted by Gasteiger charge is -2.16. The molecule has 1 atom stereocenters. The van der Waals surface area contributed by atoms with Crippen molar-refractivity contribution in [1.29, 1.82) is 0 Å². The Hall–Kier alpha value is -3.21. The van der Waals surface area contributed by atoms with Crippen LogP contribution in [0.15, 0.2) is 60.7 Å². The molecule has 1 aromatic heterocycles. The van der Waals surface area contributed by atoms with Gasteiger partial charge in [0.25, 0.3) is 5.91 Å². The van der Waals surface area contributed by atoms with Crippen molar-refractivity contribution in [3.05, 3.63) is 66.2 Å². The molecule has 126 valence electrons. The number of nitrogens with zero attached hydrogens (tertiary/aromatic N) is 1. The molecule has 0 saturated heterocycles. The zero-order valence-electron chi connectivity index (χ0n) is 13.8. The molecule has 5 heteroatoms. The van der Waals surface area contributed by atoms with Crippen LogP contribution in [0.5, 0.6) is 0 Å². The highest BCUT2D eigenvalue weighted by Crippen LogP contribution is 2.26. The SMILES string of the molecule is C=C(C)C[C@@H](NC(=O)c1c2ccccc2nc2ccccc12)C(=O)O. The van der Waals surface area contributed by atoms with Gasteiger partial charge < -0.3 is 10.4 Å². The molecule has 0 fully saturated rings. The molecule has 0 spiro atoms. The van der Waals surface area contributed by atoms with Crippen LogP contribution in [-0.2, 0) is 4.79 Å². The minimum Gasteiger partial charge on any atom is -0.480 e. The van der Waals surface area contributed by atoms with Gasteiger partial charge in [-0.15, -0.1) is 6.58 Å². The van der Waals surface area contributed by atoms with Gasteiger partial charge in [-0.2, -0.15) is 0 Å². The number of hydrogen-bond acceptors (Lipinski definition) is 3. The highest BCUT2D eigenvalue weighted by atomic mass is 16.4. The van der Waals surface area contributed by atoms with Crippen LogP contribution in [0.3, 0.4) is 0 Å². The summed E-state index contributed by atoms with van der Waals surface area (Å²) in [7, 11) is 0. The molecule has 3 aromatic rings. The van der Waals surface area contributed by atoms with Gasteiger partial charge in [0.2, 0.25) is 0 Å². The second kappa shape index (κ2) is 6.73. The lowest BCUT2D eigenvalue weighted by molar-refractivity contribution is -0.139. The Balaban J connectivity index is 2.13. The fraction of sp³-hybridized carbons (Fsp3) is 0.150. The highest BCUT2D eigenvalue weighted by Gasteiger charge is 2.23. The zero-order valence-corrected chi connectivity index (χ0v) is 13.8. The Bertz CT molecular complexity index is 941. The van der Waals surface area contributed by atoms with Crippen LogP contribution in [0.1, 0.15) is 23.7 Å². The molecule has 2 aromatic carbocycles. The number of carbonyl (C=O) groups is 2. The first kappa shape index (κ1) is 16.6. The van der Waals surface area contributed by atoms with Gasteiger partial charge in [-0.05, 0) is 25.5 Å². The van der Waals surface area contributed by atoms with E-state index in [0.717, 1.165) is 0 Å². The topological polar surface area (TPSA) is 79.3 Å². The molecule has 0 aliphatic heterocycles. The largest absolute Gasteiger partial charge is 0.480 e. The number of fused-ring (bicyclic) bond motifs is 2. The summed E-state index contributed by atoms with van der Waals surface area (Å²) in [6, 6.07) is 13.7. The summed E-state index contributed by atoms with van der Waals surface area (Å²) in [5.41, 5.74) is 2.52. The van der Waals surface area contributed by atoms with Crippen molar-refractivity contribution in [3.63, 3.8) is 0 Å². The summed E-state index contributed by atoms with van der Waals surface area (Å²) in [6.07, 6.45) is 0.183. The molecule has 0 saturated carbocycles. The minimum atomic E-state index is -1.08. The normalized spacial score (nSPS) is 12.0. The van der Waals surface area contributed by atoms with Crippen LogP contribution < -0.4 is 5.32 Å². The lowest BCUT2D eigenvalue weighted by atomic mass is 10.0. The summed E-state index contributed by atoms with van der Waals surface area (Å²) in [5.74, 6) is -1.51. The standard InChI is InChI=1S/C20H18N2O3/c1-12(2)11-17(20(24)25)22-19(23)18-13-7-3-5-9-15(13)21-16-10-6-4-8-14(16)18/h3-10,17H,1,11H2,2H3,(H,22,23)(H,24,25)/t17-/m1/s1. The summed E-state index contributed by atoms with van der Waals surface area (Å²) < 4.78 is 0. The maximum absolute atomic E-state index is 12.9. The minimum absolute atomic E-state index is 0.183. The summed E-state index contributed by atoms with van der Waals surface area (Å²) >= 11 is 0. The number of nitrogens with one attached hydrogen (secondary N) is 1. The van der Waals surface area contributed by atoms with Gasteiger partial charge in [0.15, 0.2) is 0 Å². The first-order valence-electron chi connectivity index (χ1n) is 7.93. The molecule has 0 aliphatic carbocycles. The van der Waals surface area contributed by atoms with Crippen LogP contribution in [-0.4, -0.2) is 28.0 Å². The van der Waals surface area contributed by atoms with Gasteiger partial charge in [0.1, 0.15) is 6.04 Å². The lowest BCUT2D eigenvalue weighted by Crippen LogP contribution is -2.41. The molecule has 3 rings (SSSR count). The third-order valence-corrected chi connectivity index (χ3v) is 3.97. The van der Waals surface area contributed by atoms with Crippen LogP contribution in [0.25, 0.3) is 21.8 Å². The van der Waals surface area contributed by atoms with Crippen molar-refractivity contribution in [1.82, 2.24) is 10.3 Å². The number of aromatic nitrogens is 1. The molecule has 0 unspecified atom stereocenters. The highest BCUT2D eigenvalue weighted by molar-refractivity contribution is 6.16. The predicted molar refractivity (Wildman–Crippen MR) is 97.6 cm³/mol. The van der Waals surface area contributed by atoms with Crippen LogP contribution in [0.2, 0.25) is 0 Å². The van der Waals surface area contributed by atoms with Gasteiger partial charge in [-0.3, -0.25) is 4.79 Å². The van der Waals surface area contributed by atoms with Crippen LogP contribution in [0.4, 0.5) is 0 Å². The monoisotopic (exact) mass is 334 g/mol. The van der Waals surface area contributed by atoms with E-state index in [1.54, 1.807) is 6.92 Å². The molecular weight excluding hydrogens is 316 g/mol. The number of para-hydroxylation sites is 2. The van der Waals surface area contributed by atoms with Crippen LogP contribution in [0, 0.1) is 0 Å². The Morgan fingerprint density at radius 1 is 1.08 bits per heavy atom. The molecule has 0 aliphatic rings. The second-order valence-electron chi connectivity index (χ2n) is 6.05. The number of benzene rings is 2. The van der Waals surface area contributed by atoms with E-state index in [9.17, 15) is 14.7 Å². The first-order chi connectivity index (χ1) is 12.0. The summed E-state index contributed by atoms with van der Waals surface area (Å²) in [5, 5.41) is 13.4. The van der Waals surface area contributed by atoms with Crippen molar-refractivity contribution < 1.29 is 14.7 Å². The average Bonchev–Trinajstić information content (AvgIpc) is 2.58. The van der Waals surface area contributed by atoms with Crippen molar-refractivity contribution in [3.8, 4) is 0 Å². The average molecular weight is 334 g/mol. The van der Waals surface area contributed by atoms with Gasteiger partial charge in [0, 0.05) is 10.8 Å². The van der Waals surface area contributed by atoms with E-state index in [4.69, 9.17) is 0 Å². The Morgan fingerprint density at radius 3 is 2.08 bits per heavy atom. The number of carboxylic acid groups (broad SMARTS) is 1. The number of pyridine rings is 1. The van der Waals surface area contributed by atoms with E-state index in [0.29, 0.717) is 32.9 Å².